The summed E-state index contributed by atoms with van der Waals surface area (Å²) in [6.45, 7) is 8.64. The highest BCUT2D eigenvalue weighted by Gasteiger charge is 2.10. The topological polar surface area (TPSA) is 24.1 Å². The minimum atomic E-state index is 0.357. The van der Waals surface area contributed by atoms with E-state index in [1.54, 1.807) is 0 Å². The molecule has 0 spiro atoms. The van der Waals surface area contributed by atoms with Crippen molar-refractivity contribution in [3.63, 3.8) is 0 Å². The molecule has 2 N–H and O–H groups in total. The van der Waals surface area contributed by atoms with Gasteiger partial charge in [0.05, 0.1) is 6.17 Å². The van der Waals surface area contributed by atoms with E-state index < -0.39 is 0 Å². The predicted octanol–water partition coefficient (Wildman–Crippen LogP) is 3.23. The fourth-order valence-electron chi connectivity index (χ4n) is 1.68. The van der Waals surface area contributed by atoms with Gasteiger partial charge >= 0.3 is 0 Å². The van der Waals surface area contributed by atoms with E-state index in [9.17, 15) is 0 Å². The minimum absolute atomic E-state index is 0.357. The van der Waals surface area contributed by atoms with E-state index in [-0.39, 0.29) is 0 Å². The first-order valence-corrected chi connectivity index (χ1v) is 6.16. The summed E-state index contributed by atoms with van der Waals surface area (Å²) in [4.78, 5) is 0. The van der Waals surface area contributed by atoms with Crippen LogP contribution in [0.1, 0.15) is 45.2 Å². The molecular weight excluding hydrogens is 196 g/mol. The van der Waals surface area contributed by atoms with Gasteiger partial charge in [0.1, 0.15) is 0 Å². The van der Waals surface area contributed by atoms with Crippen molar-refractivity contribution in [2.24, 2.45) is 0 Å². The van der Waals surface area contributed by atoms with Crippen LogP contribution < -0.4 is 10.6 Å². The van der Waals surface area contributed by atoms with E-state index in [1.807, 2.05) is 0 Å². The summed E-state index contributed by atoms with van der Waals surface area (Å²) >= 11 is 0. The zero-order valence-electron chi connectivity index (χ0n) is 10.5. The maximum Gasteiger partial charge on any atom is 0.0576 e. The number of benzene rings is 1. The van der Waals surface area contributed by atoms with E-state index in [0.717, 1.165) is 12.8 Å². The Labute approximate surface area is 99.5 Å². The lowest BCUT2D eigenvalue weighted by Gasteiger charge is -2.23. The smallest absolute Gasteiger partial charge is 0.0576 e. The third kappa shape index (κ3) is 4.33. The minimum Gasteiger partial charge on any atom is -0.298 e. The predicted molar refractivity (Wildman–Crippen MR) is 69.8 cm³/mol. The Hall–Kier alpha value is -0.860. The molecule has 2 unspecified atom stereocenters. The van der Waals surface area contributed by atoms with Gasteiger partial charge in [-0.2, -0.15) is 0 Å². The summed E-state index contributed by atoms with van der Waals surface area (Å²) in [7, 11) is 0. The zero-order valence-corrected chi connectivity index (χ0v) is 10.5. The summed E-state index contributed by atoms with van der Waals surface area (Å²) in [5.41, 5.74) is 1.33. The van der Waals surface area contributed by atoms with Gasteiger partial charge in [0.2, 0.25) is 0 Å². The van der Waals surface area contributed by atoms with Crippen molar-refractivity contribution in [3.05, 3.63) is 42.4 Å². The standard InChI is InChI=1S/C14H23N2/c1-4-11-15-14(5-2)16-12(3)13-9-7-6-8-10-13/h6-12,14-16H,4-5H2,1-3H3. The zero-order chi connectivity index (χ0) is 11.8. The summed E-state index contributed by atoms with van der Waals surface area (Å²) in [5.74, 6) is 0. The van der Waals surface area contributed by atoms with Crippen molar-refractivity contribution in [2.75, 3.05) is 0 Å². The first kappa shape index (κ1) is 13.2. The second-order valence-corrected chi connectivity index (χ2v) is 4.04. The summed E-state index contributed by atoms with van der Waals surface area (Å²) in [6.07, 6.45) is 2.49. The summed E-state index contributed by atoms with van der Waals surface area (Å²) in [5, 5.41) is 6.96. The van der Waals surface area contributed by atoms with Crippen LogP contribution in [-0.4, -0.2) is 6.17 Å². The highest BCUT2D eigenvalue weighted by atomic mass is 15.1. The molecule has 0 aliphatic carbocycles. The first-order valence-electron chi connectivity index (χ1n) is 6.16. The first-order chi connectivity index (χ1) is 7.77. The van der Waals surface area contributed by atoms with Crippen LogP contribution >= 0.6 is 0 Å². The molecule has 0 aromatic heterocycles. The Bertz CT molecular complexity index is 271. The molecule has 0 amide bonds. The van der Waals surface area contributed by atoms with Gasteiger partial charge in [0.25, 0.3) is 0 Å². The van der Waals surface area contributed by atoms with Crippen molar-refractivity contribution < 1.29 is 0 Å². The second kappa shape index (κ2) is 7.42. The number of rotatable bonds is 7. The van der Waals surface area contributed by atoms with Crippen molar-refractivity contribution in [1.29, 1.82) is 0 Å². The average molecular weight is 219 g/mol. The normalized spacial score (nSPS) is 14.7. The molecule has 89 valence electrons. The summed E-state index contributed by atoms with van der Waals surface area (Å²) in [6, 6.07) is 10.9. The largest absolute Gasteiger partial charge is 0.298 e. The average Bonchev–Trinajstić information content (AvgIpc) is 2.35. The Morgan fingerprint density at radius 3 is 2.44 bits per heavy atom. The highest BCUT2D eigenvalue weighted by Crippen LogP contribution is 2.12. The number of nitrogens with one attached hydrogen (secondary N) is 2. The van der Waals surface area contributed by atoms with Crippen LogP contribution in [0.15, 0.2) is 30.3 Å². The van der Waals surface area contributed by atoms with Gasteiger partial charge in [-0.1, -0.05) is 44.2 Å². The van der Waals surface area contributed by atoms with Crippen LogP contribution in [0, 0.1) is 6.54 Å². The lowest BCUT2D eigenvalue weighted by atomic mass is 10.1. The quantitative estimate of drug-likeness (QED) is 0.688. The molecule has 0 aliphatic heterocycles. The molecule has 0 saturated carbocycles. The monoisotopic (exact) mass is 219 g/mol. The molecule has 1 aromatic carbocycles. The Morgan fingerprint density at radius 2 is 1.88 bits per heavy atom. The van der Waals surface area contributed by atoms with E-state index in [2.05, 4.69) is 68.3 Å². The van der Waals surface area contributed by atoms with Gasteiger partial charge in [-0.15, -0.1) is 0 Å². The molecule has 0 saturated heterocycles. The van der Waals surface area contributed by atoms with Crippen LogP contribution in [0.4, 0.5) is 0 Å². The third-order valence-electron chi connectivity index (χ3n) is 2.68. The highest BCUT2D eigenvalue weighted by molar-refractivity contribution is 5.18. The lowest BCUT2D eigenvalue weighted by Crippen LogP contribution is -2.41. The SMILES string of the molecule is CC[CH]NC(CC)NC(C)c1ccccc1. The van der Waals surface area contributed by atoms with Crippen LogP contribution in [0.5, 0.6) is 0 Å². The van der Waals surface area contributed by atoms with Crippen LogP contribution in [0.25, 0.3) is 0 Å². The van der Waals surface area contributed by atoms with Gasteiger partial charge in [0.15, 0.2) is 0 Å². The molecule has 1 aromatic rings. The summed E-state index contributed by atoms with van der Waals surface area (Å²) < 4.78 is 0. The molecule has 2 atom stereocenters. The molecule has 0 bridgehead atoms. The van der Waals surface area contributed by atoms with Crippen molar-refractivity contribution in [3.8, 4) is 0 Å². The second-order valence-electron chi connectivity index (χ2n) is 4.04. The van der Waals surface area contributed by atoms with Crippen LogP contribution in [0.2, 0.25) is 0 Å². The van der Waals surface area contributed by atoms with Gasteiger partial charge < -0.3 is 0 Å². The van der Waals surface area contributed by atoms with Crippen molar-refractivity contribution >= 4 is 0 Å². The van der Waals surface area contributed by atoms with Gasteiger partial charge in [-0.25, -0.2) is 0 Å². The molecule has 16 heavy (non-hydrogen) atoms. The van der Waals surface area contributed by atoms with E-state index in [0.29, 0.717) is 12.2 Å². The molecule has 1 rings (SSSR count). The third-order valence-corrected chi connectivity index (χ3v) is 2.68. The van der Waals surface area contributed by atoms with E-state index in [1.165, 1.54) is 5.56 Å². The molecule has 0 aliphatic rings. The van der Waals surface area contributed by atoms with Crippen molar-refractivity contribution in [2.45, 2.75) is 45.8 Å². The fraction of sp³-hybridized carbons (Fsp3) is 0.500. The number of hydrogen-bond donors (Lipinski definition) is 2. The number of hydrogen-bond acceptors (Lipinski definition) is 2. The maximum atomic E-state index is 3.58. The van der Waals surface area contributed by atoms with Gasteiger partial charge in [0, 0.05) is 12.6 Å². The molecule has 0 heterocycles. The molecule has 0 fully saturated rings. The van der Waals surface area contributed by atoms with E-state index in [4.69, 9.17) is 0 Å². The molecule has 2 nitrogen and oxygen atoms in total. The molecule has 2 heteroatoms. The van der Waals surface area contributed by atoms with Crippen molar-refractivity contribution in [1.82, 2.24) is 10.6 Å². The Balaban J connectivity index is 2.45. The fourth-order valence-corrected chi connectivity index (χ4v) is 1.68. The molecule has 1 radical (unpaired) electrons. The van der Waals surface area contributed by atoms with E-state index >= 15 is 0 Å². The van der Waals surface area contributed by atoms with Crippen LogP contribution in [-0.2, 0) is 0 Å². The lowest BCUT2D eigenvalue weighted by molar-refractivity contribution is 0.396. The maximum absolute atomic E-state index is 3.58. The molecular formula is C14H23N2. The van der Waals surface area contributed by atoms with Gasteiger partial charge in [-0.3, -0.25) is 10.6 Å². The Kier molecular flexibility index (Phi) is 6.12. The Morgan fingerprint density at radius 1 is 1.19 bits per heavy atom. The van der Waals surface area contributed by atoms with Crippen LogP contribution in [0.3, 0.4) is 0 Å². The van der Waals surface area contributed by atoms with Gasteiger partial charge in [-0.05, 0) is 25.3 Å².